The molecule has 1 aromatic carbocycles. The number of benzene rings is 1. The largest absolute Gasteiger partial charge is 0.487 e. The van der Waals surface area contributed by atoms with Gasteiger partial charge in [-0.25, -0.2) is 4.39 Å². The Kier molecular flexibility index (Phi) is 2.77. The van der Waals surface area contributed by atoms with Crippen molar-refractivity contribution in [3.8, 4) is 5.75 Å². The van der Waals surface area contributed by atoms with Crippen LogP contribution in [0.3, 0.4) is 0 Å². The molecule has 0 spiro atoms. The number of rotatable bonds is 2. The number of anilines is 1. The molecule has 1 heterocycles. The van der Waals surface area contributed by atoms with Crippen molar-refractivity contribution in [2.75, 3.05) is 25.9 Å². The minimum Gasteiger partial charge on any atom is -0.487 e. The number of likely N-dealkylation sites (tertiary alicyclic amines) is 1. The fraction of sp³-hybridized carbons (Fsp3) is 0.455. The second-order valence-electron chi connectivity index (χ2n) is 3.97. The molecule has 4 heteroatoms. The minimum atomic E-state index is -0.314. The molecule has 1 aromatic rings. The maximum atomic E-state index is 13.0. The van der Waals surface area contributed by atoms with Crippen LogP contribution in [-0.4, -0.2) is 31.1 Å². The van der Waals surface area contributed by atoms with Crippen molar-refractivity contribution < 1.29 is 9.13 Å². The first kappa shape index (κ1) is 10.2. The summed E-state index contributed by atoms with van der Waals surface area (Å²) in [5, 5.41) is 0. The van der Waals surface area contributed by atoms with Gasteiger partial charge in [0.2, 0.25) is 0 Å². The molecule has 1 aliphatic rings. The van der Waals surface area contributed by atoms with Gasteiger partial charge in [-0.15, -0.1) is 0 Å². The number of hydrogen-bond acceptors (Lipinski definition) is 3. The van der Waals surface area contributed by atoms with Crippen molar-refractivity contribution in [3.63, 3.8) is 0 Å². The van der Waals surface area contributed by atoms with Crippen molar-refractivity contribution >= 4 is 5.69 Å². The molecule has 82 valence electrons. The molecule has 0 bridgehead atoms. The Labute approximate surface area is 88.6 Å². The Morgan fingerprint density at radius 1 is 1.53 bits per heavy atom. The van der Waals surface area contributed by atoms with Gasteiger partial charge in [0.25, 0.3) is 0 Å². The van der Waals surface area contributed by atoms with Gasteiger partial charge in [0, 0.05) is 19.2 Å². The number of ether oxygens (including phenoxy) is 1. The third-order valence-electron chi connectivity index (χ3n) is 2.62. The maximum absolute atomic E-state index is 13.0. The van der Waals surface area contributed by atoms with Gasteiger partial charge in [0.05, 0.1) is 5.69 Å². The highest BCUT2D eigenvalue weighted by atomic mass is 19.1. The van der Waals surface area contributed by atoms with Crippen LogP contribution in [0.2, 0.25) is 0 Å². The van der Waals surface area contributed by atoms with Gasteiger partial charge < -0.3 is 15.4 Å². The standard InChI is InChI=1S/C11H15FN2O/c1-14-5-4-9(7-14)15-11-6-8(12)2-3-10(11)13/h2-3,6,9H,4-5,7,13H2,1H3. The first-order chi connectivity index (χ1) is 7.15. The zero-order valence-corrected chi connectivity index (χ0v) is 8.74. The lowest BCUT2D eigenvalue weighted by Crippen LogP contribution is -2.21. The van der Waals surface area contributed by atoms with Crippen molar-refractivity contribution in [2.45, 2.75) is 12.5 Å². The van der Waals surface area contributed by atoms with E-state index < -0.39 is 0 Å². The summed E-state index contributed by atoms with van der Waals surface area (Å²) in [4.78, 5) is 2.18. The second kappa shape index (κ2) is 4.06. The van der Waals surface area contributed by atoms with Crippen LogP contribution in [0.15, 0.2) is 18.2 Å². The van der Waals surface area contributed by atoms with Gasteiger partial charge in [0.15, 0.2) is 0 Å². The van der Waals surface area contributed by atoms with Gasteiger partial charge in [-0.1, -0.05) is 0 Å². The molecular formula is C11H15FN2O. The summed E-state index contributed by atoms with van der Waals surface area (Å²) in [6.07, 6.45) is 1.09. The van der Waals surface area contributed by atoms with Gasteiger partial charge in [0.1, 0.15) is 17.7 Å². The summed E-state index contributed by atoms with van der Waals surface area (Å²) in [6.45, 7) is 1.88. The van der Waals surface area contributed by atoms with Gasteiger partial charge >= 0.3 is 0 Å². The minimum absolute atomic E-state index is 0.124. The molecular weight excluding hydrogens is 195 g/mol. The topological polar surface area (TPSA) is 38.5 Å². The fourth-order valence-corrected chi connectivity index (χ4v) is 1.78. The SMILES string of the molecule is CN1CCC(Oc2cc(F)ccc2N)C1. The van der Waals surface area contributed by atoms with Crippen LogP contribution < -0.4 is 10.5 Å². The summed E-state index contributed by atoms with van der Waals surface area (Å²) < 4.78 is 18.6. The maximum Gasteiger partial charge on any atom is 0.145 e. The zero-order valence-electron chi connectivity index (χ0n) is 8.74. The molecule has 15 heavy (non-hydrogen) atoms. The van der Waals surface area contributed by atoms with Crippen LogP contribution in [0.4, 0.5) is 10.1 Å². The highest BCUT2D eigenvalue weighted by Gasteiger charge is 2.21. The lowest BCUT2D eigenvalue weighted by Gasteiger charge is -2.15. The Balaban J connectivity index is 2.07. The molecule has 1 unspecified atom stereocenters. The third-order valence-corrected chi connectivity index (χ3v) is 2.62. The number of halogens is 1. The van der Waals surface area contributed by atoms with Crippen molar-refractivity contribution in [3.05, 3.63) is 24.0 Å². The van der Waals surface area contributed by atoms with Crippen LogP contribution >= 0.6 is 0 Å². The normalized spacial score (nSPS) is 21.9. The molecule has 1 fully saturated rings. The number of nitrogens with two attached hydrogens (primary N) is 1. The van der Waals surface area contributed by atoms with E-state index in [-0.39, 0.29) is 11.9 Å². The molecule has 2 rings (SSSR count). The van der Waals surface area contributed by atoms with E-state index in [1.807, 2.05) is 7.05 Å². The first-order valence-corrected chi connectivity index (χ1v) is 5.05. The summed E-state index contributed by atoms with van der Waals surface area (Å²) in [6, 6.07) is 4.21. The molecule has 2 N–H and O–H groups in total. The lowest BCUT2D eigenvalue weighted by atomic mass is 10.2. The van der Waals surface area contributed by atoms with E-state index in [0.29, 0.717) is 11.4 Å². The molecule has 3 nitrogen and oxygen atoms in total. The zero-order chi connectivity index (χ0) is 10.8. The average Bonchev–Trinajstić information content (AvgIpc) is 2.58. The molecule has 1 saturated heterocycles. The Hall–Kier alpha value is -1.29. The second-order valence-corrected chi connectivity index (χ2v) is 3.97. The fourth-order valence-electron chi connectivity index (χ4n) is 1.78. The summed E-state index contributed by atoms with van der Waals surface area (Å²) in [5.74, 6) is 0.140. The Morgan fingerprint density at radius 2 is 2.33 bits per heavy atom. The Bertz CT molecular complexity index is 356. The highest BCUT2D eigenvalue weighted by molar-refractivity contribution is 5.52. The van der Waals surface area contributed by atoms with E-state index in [1.165, 1.54) is 18.2 Å². The summed E-state index contributed by atoms with van der Waals surface area (Å²) >= 11 is 0. The lowest BCUT2D eigenvalue weighted by molar-refractivity contribution is 0.208. The monoisotopic (exact) mass is 210 g/mol. The van der Waals surface area contributed by atoms with Crippen LogP contribution in [0.5, 0.6) is 5.75 Å². The van der Waals surface area contributed by atoms with Crippen LogP contribution in [0.1, 0.15) is 6.42 Å². The van der Waals surface area contributed by atoms with E-state index >= 15 is 0 Å². The van der Waals surface area contributed by atoms with E-state index in [0.717, 1.165) is 19.5 Å². The quantitative estimate of drug-likeness (QED) is 0.752. The Morgan fingerprint density at radius 3 is 3.00 bits per heavy atom. The van der Waals surface area contributed by atoms with Crippen LogP contribution in [-0.2, 0) is 0 Å². The molecule has 0 aromatic heterocycles. The smallest absolute Gasteiger partial charge is 0.145 e. The predicted octanol–water partition coefficient (Wildman–Crippen LogP) is 1.49. The van der Waals surface area contributed by atoms with Crippen molar-refractivity contribution in [1.29, 1.82) is 0 Å². The van der Waals surface area contributed by atoms with Crippen molar-refractivity contribution in [1.82, 2.24) is 4.90 Å². The van der Waals surface area contributed by atoms with Gasteiger partial charge in [-0.05, 0) is 25.6 Å². The van der Waals surface area contributed by atoms with Crippen LogP contribution in [0, 0.1) is 5.82 Å². The molecule has 0 radical (unpaired) electrons. The predicted molar refractivity (Wildman–Crippen MR) is 57.3 cm³/mol. The average molecular weight is 210 g/mol. The molecule has 1 atom stereocenters. The summed E-state index contributed by atoms with van der Waals surface area (Å²) in [5.41, 5.74) is 6.19. The van der Waals surface area contributed by atoms with E-state index in [4.69, 9.17) is 10.5 Å². The number of likely N-dealkylation sites (N-methyl/N-ethyl adjacent to an activating group) is 1. The molecule has 0 aliphatic carbocycles. The third kappa shape index (κ3) is 2.39. The molecule has 1 aliphatic heterocycles. The summed E-state index contributed by atoms with van der Waals surface area (Å²) in [7, 11) is 2.04. The van der Waals surface area contributed by atoms with E-state index in [1.54, 1.807) is 0 Å². The highest BCUT2D eigenvalue weighted by Crippen LogP contribution is 2.25. The molecule has 0 saturated carbocycles. The molecule has 0 amide bonds. The van der Waals surface area contributed by atoms with E-state index in [2.05, 4.69) is 4.90 Å². The van der Waals surface area contributed by atoms with E-state index in [9.17, 15) is 4.39 Å². The van der Waals surface area contributed by atoms with Gasteiger partial charge in [-0.3, -0.25) is 0 Å². The number of hydrogen-bond donors (Lipinski definition) is 1. The first-order valence-electron chi connectivity index (χ1n) is 5.05. The van der Waals surface area contributed by atoms with Gasteiger partial charge in [-0.2, -0.15) is 0 Å². The van der Waals surface area contributed by atoms with Crippen LogP contribution in [0.25, 0.3) is 0 Å². The number of nitrogen functional groups attached to an aromatic ring is 1. The number of nitrogens with zero attached hydrogens (tertiary/aromatic N) is 1. The van der Waals surface area contributed by atoms with Crippen molar-refractivity contribution in [2.24, 2.45) is 0 Å².